The third-order valence-corrected chi connectivity index (χ3v) is 3.16. The molecule has 2 nitrogen and oxygen atoms in total. The maximum Gasteiger partial charge on any atom is 0.126 e. The molecule has 3 N–H and O–H groups in total. The minimum absolute atomic E-state index is 0.439. The Morgan fingerprint density at radius 1 is 1.17 bits per heavy atom. The summed E-state index contributed by atoms with van der Waals surface area (Å²) in [7, 11) is 0. The van der Waals surface area contributed by atoms with Crippen molar-refractivity contribution in [3.05, 3.63) is 35.4 Å². The number of rotatable bonds is 7. The monoisotopic (exact) mass is 256 g/mol. The molecular weight excluding hydrogens is 234 g/mol. The van der Waals surface area contributed by atoms with Gasteiger partial charge in [-0.2, -0.15) is 0 Å². The molecule has 0 aliphatic carbocycles. The molecule has 0 aliphatic heterocycles. The van der Waals surface area contributed by atoms with Crippen molar-refractivity contribution in [2.75, 3.05) is 19.6 Å². The molecule has 0 saturated carbocycles. The molecule has 0 aliphatic rings. The SMILES string of the molecule is CC(C)C(CN)CNCCc1cc(F)cc(F)c1. The smallest absolute Gasteiger partial charge is 0.126 e. The summed E-state index contributed by atoms with van der Waals surface area (Å²) < 4.78 is 25.9. The minimum Gasteiger partial charge on any atom is -0.330 e. The highest BCUT2D eigenvalue weighted by atomic mass is 19.1. The lowest BCUT2D eigenvalue weighted by atomic mass is 9.96. The van der Waals surface area contributed by atoms with E-state index in [2.05, 4.69) is 19.2 Å². The van der Waals surface area contributed by atoms with Crippen LogP contribution >= 0.6 is 0 Å². The highest BCUT2D eigenvalue weighted by Gasteiger charge is 2.10. The van der Waals surface area contributed by atoms with Gasteiger partial charge >= 0.3 is 0 Å². The number of hydrogen-bond acceptors (Lipinski definition) is 2. The first kappa shape index (κ1) is 15.1. The van der Waals surface area contributed by atoms with Crippen molar-refractivity contribution in [3.8, 4) is 0 Å². The van der Waals surface area contributed by atoms with Gasteiger partial charge in [0, 0.05) is 6.07 Å². The van der Waals surface area contributed by atoms with Crippen molar-refractivity contribution < 1.29 is 8.78 Å². The summed E-state index contributed by atoms with van der Waals surface area (Å²) in [6, 6.07) is 3.63. The maximum atomic E-state index is 12.9. The van der Waals surface area contributed by atoms with Gasteiger partial charge in [-0.25, -0.2) is 8.78 Å². The molecule has 0 spiro atoms. The van der Waals surface area contributed by atoms with Crippen molar-refractivity contribution in [2.45, 2.75) is 20.3 Å². The lowest BCUT2D eigenvalue weighted by Crippen LogP contribution is -2.32. The second-order valence-corrected chi connectivity index (χ2v) is 4.97. The Morgan fingerprint density at radius 2 is 1.78 bits per heavy atom. The molecule has 4 heteroatoms. The van der Waals surface area contributed by atoms with Gasteiger partial charge in [-0.3, -0.25) is 0 Å². The third kappa shape index (κ3) is 5.10. The van der Waals surface area contributed by atoms with Gasteiger partial charge in [0.2, 0.25) is 0 Å². The fourth-order valence-electron chi connectivity index (χ4n) is 1.87. The molecule has 0 saturated heterocycles. The van der Waals surface area contributed by atoms with Crippen molar-refractivity contribution in [1.82, 2.24) is 5.32 Å². The molecule has 1 aromatic rings. The third-order valence-electron chi connectivity index (χ3n) is 3.16. The average Bonchev–Trinajstić information content (AvgIpc) is 2.27. The fourth-order valence-corrected chi connectivity index (χ4v) is 1.87. The molecule has 1 aromatic carbocycles. The summed E-state index contributed by atoms with van der Waals surface area (Å²) in [4.78, 5) is 0. The highest BCUT2D eigenvalue weighted by Crippen LogP contribution is 2.09. The first-order valence-electron chi connectivity index (χ1n) is 6.38. The maximum absolute atomic E-state index is 12.9. The van der Waals surface area contributed by atoms with E-state index in [1.54, 1.807) is 0 Å². The predicted octanol–water partition coefficient (Wildman–Crippen LogP) is 2.33. The summed E-state index contributed by atoms with van der Waals surface area (Å²) in [5, 5.41) is 3.28. The molecule has 0 fully saturated rings. The van der Waals surface area contributed by atoms with E-state index < -0.39 is 11.6 Å². The largest absolute Gasteiger partial charge is 0.330 e. The van der Waals surface area contributed by atoms with Crippen LogP contribution < -0.4 is 11.1 Å². The number of nitrogens with one attached hydrogen (secondary N) is 1. The van der Waals surface area contributed by atoms with Gasteiger partial charge in [-0.05, 0) is 55.6 Å². The Labute approximate surface area is 108 Å². The van der Waals surface area contributed by atoms with E-state index in [0.717, 1.165) is 12.6 Å². The predicted molar refractivity (Wildman–Crippen MR) is 70.3 cm³/mol. The van der Waals surface area contributed by atoms with Crippen molar-refractivity contribution in [2.24, 2.45) is 17.6 Å². The van der Waals surface area contributed by atoms with Gasteiger partial charge in [-0.15, -0.1) is 0 Å². The van der Waals surface area contributed by atoms with Crippen LogP contribution in [0.1, 0.15) is 19.4 Å². The summed E-state index contributed by atoms with van der Waals surface area (Å²) in [5.74, 6) is -0.0672. The second-order valence-electron chi connectivity index (χ2n) is 4.97. The number of benzene rings is 1. The summed E-state index contributed by atoms with van der Waals surface area (Å²) in [5.41, 5.74) is 6.34. The number of nitrogens with two attached hydrogens (primary N) is 1. The van der Waals surface area contributed by atoms with Crippen LogP contribution in [0.4, 0.5) is 8.78 Å². The Hall–Kier alpha value is -1.00. The van der Waals surface area contributed by atoms with Gasteiger partial charge in [0.25, 0.3) is 0 Å². The molecule has 102 valence electrons. The zero-order valence-electron chi connectivity index (χ0n) is 11.0. The Bertz CT molecular complexity index is 347. The summed E-state index contributed by atoms with van der Waals surface area (Å²) in [6.45, 7) is 6.47. The summed E-state index contributed by atoms with van der Waals surface area (Å²) in [6.07, 6.45) is 0.615. The zero-order valence-corrected chi connectivity index (χ0v) is 11.0. The van der Waals surface area contributed by atoms with Gasteiger partial charge in [0.1, 0.15) is 11.6 Å². The van der Waals surface area contributed by atoms with E-state index in [1.807, 2.05) is 0 Å². The normalized spacial score (nSPS) is 13.0. The van der Waals surface area contributed by atoms with Crippen molar-refractivity contribution >= 4 is 0 Å². The topological polar surface area (TPSA) is 38.0 Å². The van der Waals surface area contributed by atoms with E-state index in [-0.39, 0.29) is 0 Å². The number of halogens is 2. The second kappa shape index (κ2) is 7.44. The standard InChI is InChI=1S/C14H22F2N2/c1-10(2)12(8-17)9-18-4-3-11-5-13(15)7-14(16)6-11/h5-7,10,12,18H,3-4,8-9,17H2,1-2H3. The molecule has 0 heterocycles. The van der Waals surface area contributed by atoms with Crippen LogP contribution in [-0.4, -0.2) is 19.6 Å². The molecular formula is C14H22F2N2. The van der Waals surface area contributed by atoms with Crippen LogP contribution in [0.25, 0.3) is 0 Å². The molecule has 0 amide bonds. The Balaban J connectivity index is 2.33. The van der Waals surface area contributed by atoms with Gasteiger partial charge in [0.15, 0.2) is 0 Å². The van der Waals surface area contributed by atoms with Gasteiger partial charge in [-0.1, -0.05) is 13.8 Å². The van der Waals surface area contributed by atoms with Crippen molar-refractivity contribution in [1.29, 1.82) is 0 Å². The first-order valence-corrected chi connectivity index (χ1v) is 6.38. The quantitative estimate of drug-likeness (QED) is 0.735. The van der Waals surface area contributed by atoms with Crippen LogP contribution in [-0.2, 0) is 6.42 Å². The molecule has 1 unspecified atom stereocenters. The van der Waals surface area contributed by atoms with E-state index in [0.29, 0.717) is 36.9 Å². The molecule has 1 atom stereocenters. The van der Waals surface area contributed by atoms with Crippen molar-refractivity contribution in [3.63, 3.8) is 0 Å². The minimum atomic E-state index is -0.521. The molecule has 0 radical (unpaired) electrons. The highest BCUT2D eigenvalue weighted by molar-refractivity contribution is 5.18. The van der Waals surface area contributed by atoms with E-state index in [1.165, 1.54) is 12.1 Å². The lowest BCUT2D eigenvalue weighted by Gasteiger charge is -2.19. The van der Waals surface area contributed by atoms with Crippen LogP contribution in [0, 0.1) is 23.5 Å². The van der Waals surface area contributed by atoms with E-state index >= 15 is 0 Å². The Kier molecular flexibility index (Phi) is 6.22. The lowest BCUT2D eigenvalue weighted by molar-refractivity contribution is 0.372. The number of hydrogen-bond donors (Lipinski definition) is 2. The van der Waals surface area contributed by atoms with Gasteiger partial charge < -0.3 is 11.1 Å². The van der Waals surface area contributed by atoms with Crippen LogP contribution in [0.3, 0.4) is 0 Å². The first-order chi connectivity index (χ1) is 8.52. The van der Waals surface area contributed by atoms with Crippen LogP contribution in [0.2, 0.25) is 0 Å². The fraction of sp³-hybridized carbons (Fsp3) is 0.571. The van der Waals surface area contributed by atoms with Crippen LogP contribution in [0.15, 0.2) is 18.2 Å². The zero-order chi connectivity index (χ0) is 13.5. The van der Waals surface area contributed by atoms with E-state index in [4.69, 9.17) is 5.73 Å². The average molecular weight is 256 g/mol. The van der Waals surface area contributed by atoms with E-state index in [9.17, 15) is 8.78 Å². The molecule has 1 rings (SSSR count). The Morgan fingerprint density at radius 3 is 2.28 bits per heavy atom. The molecule has 0 bridgehead atoms. The van der Waals surface area contributed by atoms with Crippen LogP contribution in [0.5, 0.6) is 0 Å². The molecule has 0 aromatic heterocycles. The molecule has 18 heavy (non-hydrogen) atoms. The van der Waals surface area contributed by atoms with Gasteiger partial charge in [0.05, 0.1) is 0 Å². The summed E-state index contributed by atoms with van der Waals surface area (Å²) >= 11 is 0.